The van der Waals surface area contributed by atoms with Crippen LogP contribution in [0.3, 0.4) is 0 Å². The summed E-state index contributed by atoms with van der Waals surface area (Å²) in [6, 6.07) is 5.53. The first-order valence-corrected chi connectivity index (χ1v) is 12.8. The number of halogens is 1. The van der Waals surface area contributed by atoms with Crippen molar-refractivity contribution in [3.8, 4) is 5.75 Å². The highest BCUT2D eigenvalue weighted by molar-refractivity contribution is 6.20. The van der Waals surface area contributed by atoms with E-state index in [4.69, 9.17) is 4.74 Å². The number of carbonyl (C=O) groups excluding carboxylic acids is 2. The van der Waals surface area contributed by atoms with E-state index in [1.807, 2.05) is 6.07 Å². The van der Waals surface area contributed by atoms with Gasteiger partial charge in [0.2, 0.25) is 0 Å². The summed E-state index contributed by atoms with van der Waals surface area (Å²) in [5.74, 6) is -0.161. The molecule has 0 bridgehead atoms. The van der Waals surface area contributed by atoms with Crippen molar-refractivity contribution in [1.29, 1.82) is 0 Å². The number of β-amino-alcohol motifs (C(OH)–C–C–N with tert-alkyl or cyclic N) is 1. The highest BCUT2D eigenvalue weighted by Gasteiger charge is 2.36. The van der Waals surface area contributed by atoms with Crippen molar-refractivity contribution in [2.75, 3.05) is 19.7 Å². The molecule has 37 heavy (non-hydrogen) atoms. The lowest BCUT2D eigenvalue weighted by Crippen LogP contribution is -2.56. The van der Waals surface area contributed by atoms with Crippen LogP contribution >= 0.6 is 0 Å². The number of hydrogen-bond acceptors (Lipinski definition) is 6. The first-order valence-electron chi connectivity index (χ1n) is 12.8. The van der Waals surface area contributed by atoms with E-state index < -0.39 is 24.2 Å². The summed E-state index contributed by atoms with van der Waals surface area (Å²) in [4.78, 5) is 30.1. The summed E-state index contributed by atoms with van der Waals surface area (Å²) in [7, 11) is 0. The number of ether oxygens (including phenoxy) is 1. The maximum atomic E-state index is 14.1. The fourth-order valence-corrected chi connectivity index (χ4v) is 5.09. The maximum absolute atomic E-state index is 14.1. The Bertz CT molecular complexity index is 1220. The number of aromatic nitrogens is 1. The first kappa shape index (κ1) is 25.3. The van der Waals surface area contributed by atoms with Gasteiger partial charge in [-0.15, -0.1) is 0 Å². The van der Waals surface area contributed by atoms with Crippen LogP contribution in [0, 0.1) is 11.7 Å². The van der Waals surface area contributed by atoms with Gasteiger partial charge in [-0.05, 0) is 57.2 Å². The Balaban J connectivity index is 1.34. The predicted octanol–water partition coefficient (Wildman–Crippen LogP) is 1.82. The van der Waals surface area contributed by atoms with Crippen LogP contribution in [0.15, 0.2) is 36.2 Å². The summed E-state index contributed by atoms with van der Waals surface area (Å²) in [6.07, 6.45) is 2.27. The van der Waals surface area contributed by atoms with Crippen LogP contribution in [0.2, 0.25) is 0 Å². The lowest BCUT2D eigenvalue weighted by molar-refractivity contribution is -0.143. The standard InChI is InChI=1S/C27H33FN4O5/c1-14-23(26(35)31-20-8-10-32(12-21(20)34)27(36)15(2)33)25-19(7-9-29-25)24(30-14)18-6-5-17(28)11-22(18)37-13-16-3-4-16/h5-7,9,11,15-16,20-21,24,29-30,33-34H,3-4,8,10,12-13H2,1-2H3,(H,31,35). The fraction of sp³-hybridized carbons (Fsp3) is 0.481. The van der Waals surface area contributed by atoms with Gasteiger partial charge in [0.1, 0.15) is 17.7 Å². The number of nitrogens with one attached hydrogen (secondary N) is 3. The number of fused-ring (bicyclic) bond motifs is 1. The molecule has 0 spiro atoms. The number of carbonyl (C=O) groups is 2. The Labute approximate surface area is 214 Å². The van der Waals surface area contributed by atoms with Gasteiger partial charge >= 0.3 is 0 Å². The summed E-state index contributed by atoms with van der Waals surface area (Å²) in [6.45, 7) is 4.11. The lowest BCUT2D eigenvalue weighted by Gasteiger charge is -2.37. The van der Waals surface area contributed by atoms with Crippen molar-refractivity contribution >= 4 is 17.4 Å². The van der Waals surface area contributed by atoms with Gasteiger partial charge in [-0.2, -0.15) is 0 Å². The normalized spacial score (nSPS) is 24.2. The maximum Gasteiger partial charge on any atom is 0.255 e. The molecule has 1 aromatic carbocycles. The molecule has 1 aromatic heterocycles. The quantitative estimate of drug-likeness (QED) is 0.385. The van der Waals surface area contributed by atoms with E-state index in [9.17, 15) is 24.2 Å². The van der Waals surface area contributed by atoms with Crippen molar-refractivity contribution in [2.45, 2.75) is 57.4 Å². The Hall–Kier alpha value is -3.37. The molecule has 4 unspecified atom stereocenters. The molecule has 2 fully saturated rings. The summed E-state index contributed by atoms with van der Waals surface area (Å²) < 4.78 is 20.1. The molecule has 1 aliphatic carbocycles. The monoisotopic (exact) mass is 512 g/mol. The topological polar surface area (TPSA) is 127 Å². The Morgan fingerprint density at radius 2 is 2.03 bits per heavy atom. The van der Waals surface area contributed by atoms with E-state index in [1.165, 1.54) is 24.0 Å². The largest absolute Gasteiger partial charge is 0.493 e. The van der Waals surface area contributed by atoms with E-state index in [0.717, 1.165) is 24.0 Å². The van der Waals surface area contributed by atoms with Crippen LogP contribution in [-0.4, -0.2) is 69.9 Å². The molecule has 1 saturated carbocycles. The number of benzene rings is 1. The van der Waals surface area contributed by atoms with Gasteiger partial charge in [0.25, 0.3) is 11.8 Å². The Morgan fingerprint density at radius 3 is 2.73 bits per heavy atom. The number of rotatable bonds is 7. The van der Waals surface area contributed by atoms with Gasteiger partial charge < -0.3 is 35.5 Å². The number of piperidine rings is 1. The van der Waals surface area contributed by atoms with Crippen molar-refractivity contribution in [2.24, 2.45) is 5.92 Å². The molecule has 198 valence electrons. The number of H-pyrrole nitrogens is 1. The summed E-state index contributed by atoms with van der Waals surface area (Å²) in [5.41, 5.74) is 3.32. The average Bonchev–Trinajstić information content (AvgIpc) is 3.57. The number of aromatic amines is 1. The van der Waals surface area contributed by atoms with Crippen molar-refractivity contribution < 1.29 is 28.9 Å². The predicted molar refractivity (Wildman–Crippen MR) is 134 cm³/mol. The highest BCUT2D eigenvalue weighted by Crippen LogP contribution is 2.40. The minimum absolute atomic E-state index is 0.0367. The molecule has 3 aliphatic rings. The zero-order valence-electron chi connectivity index (χ0n) is 21.0. The third-order valence-corrected chi connectivity index (χ3v) is 7.33. The van der Waals surface area contributed by atoms with Crippen LogP contribution in [0.5, 0.6) is 5.75 Å². The first-order chi connectivity index (χ1) is 17.7. The second-order valence-corrected chi connectivity index (χ2v) is 10.2. The zero-order valence-corrected chi connectivity index (χ0v) is 21.0. The zero-order chi connectivity index (χ0) is 26.3. The molecule has 3 heterocycles. The fourth-order valence-electron chi connectivity index (χ4n) is 5.09. The molecule has 10 heteroatoms. The van der Waals surface area contributed by atoms with Crippen LogP contribution in [0.25, 0.3) is 5.57 Å². The smallest absolute Gasteiger partial charge is 0.255 e. The van der Waals surface area contributed by atoms with Crippen molar-refractivity contribution in [3.05, 3.63) is 58.8 Å². The minimum atomic E-state index is -1.14. The minimum Gasteiger partial charge on any atom is -0.493 e. The van der Waals surface area contributed by atoms with Crippen LogP contribution in [0.4, 0.5) is 4.39 Å². The van der Waals surface area contributed by atoms with Crippen molar-refractivity contribution in [1.82, 2.24) is 20.5 Å². The van der Waals surface area contributed by atoms with E-state index >= 15 is 0 Å². The van der Waals surface area contributed by atoms with Crippen molar-refractivity contribution in [3.63, 3.8) is 0 Å². The summed E-state index contributed by atoms with van der Waals surface area (Å²) >= 11 is 0. The molecule has 2 aliphatic heterocycles. The van der Waals surface area contributed by atoms with E-state index in [1.54, 1.807) is 19.2 Å². The molecule has 5 N–H and O–H groups in total. The second kappa shape index (κ2) is 10.2. The van der Waals surface area contributed by atoms with Gasteiger partial charge in [0.05, 0.1) is 36.1 Å². The van der Waals surface area contributed by atoms with Gasteiger partial charge in [-0.25, -0.2) is 4.39 Å². The number of likely N-dealkylation sites (tertiary alicyclic amines) is 1. The molecular weight excluding hydrogens is 479 g/mol. The average molecular weight is 513 g/mol. The van der Waals surface area contributed by atoms with E-state index in [0.29, 0.717) is 48.2 Å². The van der Waals surface area contributed by atoms with E-state index in [-0.39, 0.29) is 24.3 Å². The molecule has 4 atom stereocenters. The molecule has 5 rings (SSSR count). The lowest BCUT2D eigenvalue weighted by atomic mass is 9.90. The third kappa shape index (κ3) is 5.21. The number of amides is 2. The highest BCUT2D eigenvalue weighted by atomic mass is 19.1. The molecule has 2 amide bonds. The SMILES string of the molecule is CC1=C(C(=O)NC2CCN(C(=O)C(C)O)CC2O)c2[nH]ccc2C(c2ccc(F)cc2OCC2CC2)N1. The van der Waals surface area contributed by atoms with E-state index in [2.05, 4.69) is 15.6 Å². The summed E-state index contributed by atoms with van der Waals surface area (Å²) in [5, 5.41) is 26.5. The van der Waals surface area contributed by atoms with Gasteiger partial charge in [0, 0.05) is 42.2 Å². The van der Waals surface area contributed by atoms with Gasteiger partial charge in [-0.1, -0.05) is 0 Å². The van der Waals surface area contributed by atoms with Gasteiger partial charge in [0.15, 0.2) is 0 Å². The molecular formula is C27H33FN4O5. The van der Waals surface area contributed by atoms with Crippen LogP contribution < -0.4 is 15.4 Å². The number of allylic oxidation sites excluding steroid dienone is 1. The molecule has 0 radical (unpaired) electrons. The number of hydrogen-bond donors (Lipinski definition) is 5. The Morgan fingerprint density at radius 1 is 1.24 bits per heavy atom. The molecule has 2 aromatic rings. The third-order valence-electron chi connectivity index (χ3n) is 7.33. The number of nitrogens with zero attached hydrogens (tertiary/aromatic N) is 1. The number of aliphatic hydroxyl groups is 2. The van der Waals surface area contributed by atoms with Crippen LogP contribution in [-0.2, 0) is 9.59 Å². The van der Waals surface area contributed by atoms with Crippen LogP contribution in [0.1, 0.15) is 56.0 Å². The second-order valence-electron chi connectivity index (χ2n) is 10.2. The Kier molecular flexibility index (Phi) is 6.96. The molecule has 9 nitrogen and oxygen atoms in total. The number of aliphatic hydroxyl groups excluding tert-OH is 2. The molecule has 1 saturated heterocycles. The van der Waals surface area contributed by atoms with Gasteiger partial charge in [-0.3, -0.25) is 9.59 Å².